The molecule has 6 N–H and O–H groups in total. The van der Waals surface area contributed by atoms with E-state index in [0.29, 0.717) is 36.7 Å². The molecule has 0 bridgehead atoms. The summed E-state index contributed by atoms with van der Waals surface area (Å²) in [5, 5.41) is 29.3. The molecule has 0 rings (SSSR count). The number of ether oxygens (including phenoxy) is 4. The van der Waals surface area contributed by atoms with E-state index in [9.17, 15) is 48.3 Å². The van der Waals surface area contributed by atoms with Gasteiger partial charge in [0.05, 0.1) is 62.3 Å². The number of carbonyl (C=O) groups excluding carboxylic acids is 7. The fourth-order valence-electron chi connectivity index (χ4n) is 5.02. The van der Waals surface area contributed by atoms with Crippen LogP contribution in [0.4, 0.5) is 0 Å². The van der Waals surface area contributed by atoms with Crippen LogP contribution in [0.3, 0.4) is 0 Å². The molecule has 0 aromatic carbocycles. The predicted molar refractivity (Wildman–Crippen MR) is 227 cm³/mol. The Morgan fingerprint density at radius 2 is 1.13 bits per heavy atom. The Morgan fingerprint density at radius 1 is 0.583 bits per heavy atom. The van der Waals surface area contributed by atoms with Gasteiger partial charge >= 0.3 is 11.9 Å². The lowest BCUT2D eigenvalue weighted by Gasteiger charge is -2.23. The minimum atomic E-state index is -1.34. The zero-order chi connectivity index (χ0) is 45.0. The number of ketones is 2. The second kappa shape index (κ2) is 37.3. The standard InChI is InChI=1S/C37H63N5O15S3/c1-58-24-28(43)5-4-15-54-17-19-56-22-32(46)41-29(7-9-36(50)51)30(44)21-27(37(52)53)6-8-31(45)40-12-16-55-18-20-57-23-35(49)42(13-10-38-33(47)25-59-2)14-11-39-34(48)26-60-3/h27,29H,4-26H2,1-3H3,(H,38,47)(H,39,48)(H,40,45)(H,41,46)(H,50,51)(H,52,53)/t27-,29?/m1/s1. The van der Waals surface area contributed by atoms with Crippen LogP contribution in [0.25, 0.3) is 0 Å². The molecule has 0 spiro atoms. The van der Waals surface area contributed by atoms with Crippen molar-refractivity contribution in [1.82, 2.24) is 26.2 Å². The molecule has 5 amide bonds. The Labute approximate surface area is 364 Å². The summed E-state index contributed by atoms with van der Waals surface area (Å²) in [5.74, 6) is -5.20. The van der Waals surface area contributed by atoms with Crippen LogP contribution in [0.5, 0.6) is 0 Å². The third-order valence-corrected chi connectivity index (χ3v) is 9.73. The minimum absolute atomic E-state index is 0.0533. The summed E-state index contributed by atoms with van der Waals surface area (Å²) in [4.78, 5) is 110. The van der Waals surface area contributed by atoms with Gasteiger partial charge in [0.25, 0.3) is 0 Å². The summed E-state index contributed by atoms with van der Waals surface area (Å²) in [5.41, 5.74) is 0. The van der Waals surface area contributed by atoms with Crippen LogP contribution >= 0.6 is 35.3 Å². The van der Waals surface area contributed by atoms with E-state index in [-0.39, 0.29) is 115 Å². The van der Waals surface area contributed by atoms with Crippen molar-refractivity contribution in [2.75, 3.05) is 122 Å². The van der Waals surface area contributed by atoms with Gasteiger partial charge in [-0.05, 0) is 38.0 Å². The molecular weight excluding hydrogens is 851 g/mol. The quantitative estimate of drug-likeness (QED) is 0.0421. The zero-order valence-electron chi connectivity index (χ0n) is 34.8. The smallest absolute Gasteiger partial charge is 0.306 e. The highest BCUT2D eigenvalue weighted by Crippen LogP contribution is 2.15. The molecule has 0 saturated carbocycles. The molecule has 0 saturated heterocycles. The van der Waals surface area contributed by atoms with Gasteiger partial charge in [0.2, 0.25) is 29.5 Å². The molecule has 60 heavy (non-hydrogen) atoms. The van der Waals surface area contributed by atoms with Crippen LogP contribution in [0.2, 0.25) is 0 Å². The molecule has 0 heterocycles. The topological polar surface area (TPSA) is 282 Å². The summed E-state index contributed by atoms with van der Waals surface area (Å²) in [6.45, 7) is 1.13. The second-order valence-electron chi connectivity index (χ2n) is 13.0. The molecule has 0 aromatic heterocycles. The molecule has 0 radical (unpaired) electrons. The van der Waals surface area contributed by atoms with Gasteiger partial charge < -0.3 is 55.3 Å². The van der Waals surface area contributed by atoms with Crippen molar-refractivity contribution in [1.29, 1.82) is 0 Å². The van der Waals surface area contributed by atoms with Crippen molar-refractivity contribution in [2.24, 2.45) is 5.92 Å². The van der Waals surface area contributed by atoms with Crippen molar-refractivity contribution < 1.29 is 72.3 Å². The maximum Gasteiger partial charge on any atom is 0.306 e. The van der Waals surface area contributed by atoms with Crippen molar-refractivity contribution >= 4 is 88.3 Å². The number of hydrogen-bond donors (Lipinski definition) is 6. The number of Topliss-reactive ketones (excluding diaryl/α,β-unsaturated/α-hetero) is 2. The first-order chi connectivity index (χ1) is 28.7. The number of carbonyl (C=O) groups is 9. The summed E-state index contributed by atoms with van der Waals surface area (Å²) in [6, 6.07) is -1.28. The first-order valence-corrected chi connectivity index (χ1v) is 23.6. The maximum atomic E-state index is 13.0. The zero-order valence-corrected chi connectivity index (χ0v) is 37.2. The molecule has 1 unspecified atom stereocenters. The summed E-state index contributed by atoms with van der Waals surface area (Å²) < 4.78 is 21.5. The van der Waals surface area contributed by atoms with Gasteiger partial charge in [-0.2, -0.15) is 35.3 Å². The molecule has 0 aliphatic heterocycles. The highest BCUT2D eigenvalue weighted by atomic mass is 32.2. The molecule has 0 fully saturated rings. The van der Waals surface area contributed by atoms with E-state index in [1.54, 1.807) is 12.5 Å². The lowest BCUT2D eigenvalue weighted by molar-refractivity contribution is -0.145. The molecule has 0 aliphatic rings. The summed E-state index contributed by atoms with van der Waals surface area (Å²) in [6.07, 6.45) is 4.70. The normalized spacial score (nSPS) is 11.8. The van der Waals surface area contributed by atoms with E-state index in [1.807, 2.05) is 6.26 Å². The Balaban J connectivity index is 4.60. The number of carboxylic acid groups (broad SMARTS) is 2. The van der Waals surface area contributed by atoms with Crippen molar-refractivity contribution in [3.05, 3.63) is 0 Å². The van der Waals surface area contributed by atoms with E-state index < -0.39 is 60.9 Å². The van der Waals surface area contributed by atoms with Crippen LogP contribution in [-0.2, 0) is 62.1 Å². The van der Waals surface area contributed by atoms with Gasteiger partial charge in [-0.1, -0.05) is 0 Å². The Hall–Kier alpha value is -3.48. The van der Waals surface area contributed by atoms with Gasteiger partial charge in [0.1, 0.15) is 19.0 Å². The van der Waals surface area contributed by atoms with E-state index in [1.165, 1.54) is 40.2 Å². The molecule has 0 aromatic rings. The van der Waals surface area contributed by atoms with E-state index in [4.69, 9.17) is 24.1 Å². The maximum absolute atomic E-state index is 13.0. The van der Waals surface area contributed by atoms with Gasteiger partial charge in [0, 0.05) is 65.0 Å². The Morgan fingerprint density at radius 3 is 1.70 bits per heavy atom. The highest BCUT2D eigenvalue weighted by Gasteiger charge is 2.28. The molecule has 20 nitrogen and oxygen atoms in total. The van der Waals surface area contributed by atoms with Crippen molar-refractivity contribution in [3.63, 3.8) is 0 Å². The molecular formula is C37H63N5O15S3. The first-order valence-electron chi connectivity index (χ1n) is 19.4. The molecule has 344 valence electrons. The third kappa shape index (κ3) is 32.3. The Bertz CT molecular complexity index is 1310. The molecule has 2 atom stereocenters. The minimum Gasteiger partial charge on any atom is -0.481 e. The monoisotopic (exact) mass is 913 g/mol. The van der Waals surface area contributed by atoms with Crippen molar-refractivity contribution in [2.45, 2.75) is 51.0 Å². The van der Waals surface area contributed by atoms with Gasteiger partial charge in [-0.3, -0.25) is 43.2 Å². The van der Waals surface area contributed by atoms with Crippen LogP contribution in [0.15, 0.2) is 0 Å². The van der Waals surface area contributed by atoms with Gasteiger partial charge in [0.15, 0.2) is 5.78 Å². The fraction of sp³-hybridized carbons (Fsp3) is 0.757. The van der Waals surface area contributed by atoms with Gasteiger partial charge in [-0.25, -0.2) is 0 Å². The average Bonchev–Trinajstić information content (AvgIpc) is 3.19. The van der Waals surface area contributed by atoms with E-state index >= 15 is 0 Å². The SMILES string of the molecule is CSCC(=O)CCCOCCOCC(=O)NC(CCC(=O)O)C(=O)C[C@@H](CCC(=O)NCCOCCOCC(=O)N(CCNC(=O)CSC)CCNC(=O)CSC)C(=O)O. The fourth-order valence-corrected chi connectivity index (χ4v) is 6.21. The number of hydrogen-bond acceptors (Lipinski definition) is 16. The van der Waals surface area contributed by atoms with E-state index in [0.717, 1.165) is 0 Å². The highest BCUT2D eigenvalue weighted by molar-refractivity contribution is 7.99. The summed E-state index contributed by atoms with van der Waals surface area (Å²) >= 11 is 4.20. The van der Waals surface area contributed by atoms with Crippen molar-refractivity contribution in [3.8, 4) is 0 Å². The summed E-state index contributed by atoms with van der Waals surface area (Å²) in [7, 11) is 0. The number of nitrogens with zero attached hydrogens (tertiary/aromatic N) is 1. The number of aliphatic carboxylic acids is 2. The van der Waals surface area contributed by atoms with Crippen LogP contribution < -0.4 is 21.3 Å². The van der Waals surface area contributed by atoms with Crippen LogP contribution in [0, 0.1) is 5.92 Å². The lowest BCUT2D eigenvalue weighted by atomic mass is 9.92. The predicted octanol–water partition coefficient (Wildman–Crippen LogP) is -0.542. The number of rotatable bonds is 40. The number of carboxylic acids is 2. The lowest BCUT2D eigenvalue weighted by Crippen LogP contribution is -2.44. The van der Waals surface area contributed by atoms with Crippen LogP contribution in [-0.4, -0.2) is 196 Å². The number of amides is 5. The van der Waals surface area contributed by atoms with Gasteiger partial charge in [-0.15, -0.1) is 0 Å². The van der Waals surface area contributed by atoms with E-state index in [2.05, 4.69) is 21.3 Å². The van der Waals surface area contributed by atoms with Crippen LogP contribution in [0.1, 0.15) is 44.9 Å². The molecule has 23 heteroatoms. The molecule has 0 aliphatic carbocycles. The number of thioether (sulfide) groups is 3. The second-order valence-corrected chi connectivity index (χ2v) is 15.6. The number of nitrogens with one attached hydrogen (secondary N) is 4. The third-order valence-electron chi connectivity index (χ3n) is 8.02. The largest absolute Gasteiger partial charge is 0.481 e. The Kier molecular flexibility index (Phi) is 35.1. The first kappa shape index (κ1) is 56.5. The average molecular weight is 914 g/mol.